The van der Waals surface area contributed by atoms with Crippen LogP contribution in [0, 0.1) is 5.92 Å². The molecule has 0 saturated carbocycles. The molecule has 0 aliphatic carbocycles. The molecule has 5 heteroatoms. The number of carbonyl (C=O) groups excluding carboxylic acids is 2. The van der Waals surface area contributed by atoms with Gasteiger partial charge in [0.05, 0.1) is 12.3 Å². The Morgan fingerprint density at radius 3 is 2.45 bits per heavy atom. The number of anilines is 2. The van der Waals surface area contributed by atoms with Gasteiger partial charge >= 0.3 is 0 Å². The van der Waals surface area contributed by atoms with Crippen LogP contribution in [0.5, 0.6) is 0 Å². The number of nitrogens with zero attached hydrogens (tertiary/aromatic N) is 2. The second kappa shape index (κ2) is 8.80. The maximum absolute atomic E-state index is 13.5. The Balaban J connectivity index is 1.81. The zero-order valence-corrected chi connectivity index (χ0v) is 18.2. The first-order valence-electron chi connectivity index (χ1n) is 10.9. The summed E-state index contributed by atoms with van der Waals surface area (Å²) in [4.78, 5) is 30.5. The summed E-state index contributed by atoms with van der Waals surface area (Å²) in [5.74, 6) is 0.163. The van der Waals surface area contributed by atoms with Crippen molar-refractivity contribution in [2.24, 2.45) is 5.92 Å². The van der Waals surface area contributed by atoms with Gasteiger partial charge in [0.1, 0.15) is 0 Å². The highest BCUT2D eigenvalue weighted by Gasteiger charge is 2.39. The van der Waals surface area contributed by atoms with Crippen molar-refractivity contribution in [2.75, 3.05) is 9.80 Å². The fourth-order valence-electron chi connectivity index (χ4n) is 4.32. The lowest BCUT2D eigenvalue weighted by Gasteiger charge is -2.44. The van der Waals surface area contributed by atoms with E-state index in [1.165, 1.54) is 6.26 Å². The van der Waals surface area contributed by atoms with Gasteiger partial charge in [0, 0.05) is 23.3 Å². The van der Waals surface area contributed by atoms with Crippen LogP contribution in [-0.4, -0.2) is 17.9 Å². The highest BCUT2D eigenvalue weighted by atomic mass is 16.3. The molecule has 3 aromatic rings. The van der Waals surface area contributed by atoms with Gasteiger partial charge in [0.15, 0.2) is 5.76 Å². The molecule has 1 aliphatic heterocycles. The first kappa shape index (κ1) is 20.9. The second-order valence-electron chi connectivity index (χ2n) is 8.16. The number of hydrogen-bond donors (Lipinski definition) is 0. The number of furan rings is 1. The van der Waals surface area contributed by atoms with E-state index >= 15 is 0 Å². The minimum atomic E-state index is -0.164. The number of carbonyl (C=O) groups is 2. The molecule has 1 aliphatic rings. The van der Waals surface area contributed by atoms with E-state index in [4.69, 9.17) is 4.42 Å². The molecule has 2 heterocycles. The van der Waals surface area contributed by atoms with Crippen molar-refractivity contribution in [2.45, 2.75) is 45.7 Å². The van der Waals surface area contributed by atoms with Crippen molar-refractivity contribution < 1.29 is 14.0 Å². The van der Waals surface area contributed by atoms with Gasteiger partial charge in [-0.15, -0.1) is 0 Å². The molecule has 0 radical (unpaired) electrons. The Labute approximate surface area is 183 Å². The SMILES string of the molecule is CC[C@@H](C)C(=O)N(c1ccccc1)[C@@H]1C[C@H](C)N(C(=O)c2ccco2)c2ccccc21. The van der Waals surface area contributed by atoms with Crippen LogP contribution >= 0.6 is 0 Å². The smallest absolute Gasteiger partial charge is 0.294 e. The minimum absolute atomic E-state index is 0.0922. The summed E-state index contributed by atoms with van der Waals surface area (Å²) in [5, 5.41) is 0. The maximum atomic E-state index is 13.5. The fraction of sp³-hybridized carbons (Fsp3) is 0.308. The first-order valence-corrected chi connectivity index (χ1v) is 10.9. The Bertz CT molecular complexity index is 1050. The van der Waals surface area contributed by atoms with Crippen molar-refractivity contribution in [3.05, 3.63) is 84.3 Å². The highest BCUT2D eigenvalue weighted by Crippen LogP contribution is 2.43. The Morgan fingerprint density at radius 1 is 1.06 bits per heavy atom. The molecule has 0 spiro atoms. The molecule has 0 unspecified atom stereocenters. The van der Waals surface area contributed by atoms with Gasteiger partial charge < -0.3 is 14.2 Å². The van der Waals surface area contributed by atoms with E-state index in [2.05, 4.69) is 0 Å². The van der Waals surface area contributed by atoms with Gasteiger partial charge in [-0.1, -0.05) is 50.2 Å². The summed E-state index contributed by atoms with van der Waals surface area (Å²) >= 11 is 0. The molecule has 3 atom stereocenters. The maximum Gasteiger partial charge on any atom is 0.294 e. The number of fused-ring (bicyclic) bond motifs is 1. The van der Waals surface area contributed by atoms with Crippen LogP contribution < -0.4 is 9.80 Å². The van der Waals surface area contributed by atoms with E-state index in [1.54, 1.807) is 17.0 Å². The molecule has 0 fully saturated rings. The third-order valence-corrected chi connectivity index (χ3v) is 6.13. The van der Waals surface area contributed by atoms with Crippen LogP contribution in [-0.2, 0) is 4.79 Å². The van der Waals surface area contributed by atoms with E-state index < -0.39 is 0 Å². The lowest BCUT2D eigenvalue weighted by molar-refractivity contribution is -0.122. The van der Waals surface area contributed by atoms with Gasteiger partial charge in [-0.3, -0.25) is 9.59 Å². The molecule has 31 heavy (non-hydrogen) atoms. The van der Waals surface area contributed by atoms with Crippen molar-refractivity contribution >= 4 is 23.2 Å². The quantitative estimate of drug-likeness (QED) is 0.525. The average molecular weight is 417 g/mol. The largest absolute Gasteiger partial charge is 0.459 e. The zero-order valence-electron chi connectivity index (χ0n) is 18.2. The van der Waals surface area contributed by atoms with Crippen molar-refractivity contribution in [3.8, 4) is 0 Å². The lowest BCUT2D eigenvalue weighted by atomic mass is 9.89. The molecule has 160 valence electrons. The Hall–Kier alpha value is -3.34. The predicted octanol–water partition coefficient (Wildman–Crippen LogP) is 5.84. The third kappa shape index (κ3) is 3.88. The zero-order chi connectivity index (χ0) is 22.0. The average Bonchev–Trinajstić information content (AvgIpc) is 3.34. The topological polar surface area (TPSA) is 53.8 Å². The van der Waals surface area contributed by atoms with Gasteiger partial charge in [-0.2, -0.15) is 0 Å². The Kier molecular flexibility index (Phi) is 5.94. The monoisotopic (exact) mass is 416 g/mol. The number of hydrogen-bond acceptors (Lipinski definition) is 3. The summed E-state index contributed by atoms with van der Waals surface area (Å²) < 4.78 is 5.38. The predicted molar refractivity (Wildman–Crippen MR) is 122 cm³/mol. The molecule has 5 nitrogen and oxygen atoms in total. The molecule has 1 aromatic heterocycles. The van der Waals surface area contributed by atoms with Crippen LogP contribution in [0.4, 0.5) is 11.4 Å². The van der Waals surface area contributed by atoms with Gasteiger partial charge in [0.2, 0.25) is 5.91 Å². The minimum Gasteiger partial charge on any atom is -0.459 e. The number of amides is 2. The summed E-state index contributed by atoms with van der Waals surface area (Å²) in [6.45, 7) is 6.04. The van der Waals surface area contributed by atoms with E-state index in [0.717, 1.165) is 23.4 Å². The van der Waals surface area contributed by atoms with Crippen LogP contribution in [0.15, 0.2) is 77.4 Å². The van der Waals surface area contributed by atoms with Gasteiger partial charge in [-0.25, -0.2) is 0 Å². The molecule has 2 amide bonds. The second-order valence-corrected chi connectivity index (χ2v) is 8.16. The van der Waals surface area contributed by atoms with Gasteiger partial charge in [-0.05, 0) is 55.7 Å². The fourth-order valence-corrected chi connectivity index (χ4v) is 4.32. The van der Waals surface area contributed by atoms with Crippen LogP contribution in [0.1, 0.15) is 55.8 Å². The highest BCUT2D eigenvalue weighted by molar-refractivity contribution is 6.06. The van der Waals surface area contributed by atoms with Crippen LogP contribution in [0.25, 0.3) is 0 Å². The number of benzene rings is 2. The number of para-hydroxylation sites is 2. The van der Waals surface area contributed by atoms with Crippen molar-refractivity contribution in [1.29, 1.82) is 0 Å². The molecular weight excluding hydrogens is 388 g/mol. The lowest BCUT2D eigenvalue weighted by Crippen LogP contribution is -2.48. The van der Waals surface area contributed by atoms with Crippen molar-refractivity contribution in [1.82, 2.24) is 0 Å². The standard InChI is InChI=1S/C26H28N2O3/c1-4-18(2)25(29)28(20-11-6-5-7-12-20)23-17-19(3)27(22-14-9-8-13-21(22)23)26(30)24-15-10-16-31-24/h5-16,18-19,23H,4,17H2,1-3H3/t18-,19+,23-/m1/s1. The molecule has 0 N–H and O–H groups in total. The summed E-state index contributed by atoms with van der Waals surface area (Å²) in [6, 6.07) is 20.8. The summed E-state index contributed by atoms with van der Waals surface area (Å²) in [5.41, 5.74) is 2.68. The molecule has 4 rings (SSSR count). The molecule has 0 bridgehead atoms. The normalized spacial score (nSPS) is 18.9. The molecular formula is C26H28N2O3. The molecule has 2 aromatic carbocycles. The van der Waals surface area contributed by atoms with Crippen molar-refractivity contribution in [3.63, 3.8) is 0 Å². The van der Waals surface area contributed by atoms with Crippen LogP contribution in [0.3, 0.4) is 0 Å². The number of rotatable bonds is 5. The van der Waals surface area contributed by atoms with E-state index in [-0.39, 0.29) is 29.8 Å². The summed E-state index contributed by atoms with van der Waals surface area (Å²) in [6.07, 6.45) is 2.92. The Morgan fingerprint density at radius 2 is 1.77 bits per heavy atom. The van der Waals surface area contributed by atoms with E-state index in [0.29, 0.717) is 12.2 Å². The van der Waals surface area contributed by atoms with Gasteiger partial charge in [0.25, 0.3) is 5.91 Å². The van der Waals surface area contributed by atoms with E-state index in [1.807, 2.05) is 80.3 Å². The van der Waals surface area contributed by atoms with Crippen LogP contribution in [0.2, 0.25) is 0 Å². The first-order chi connectivity index (χ1) is 15.0. The van der Waals surface area contributed by atoms with E-state index in [9.17, 15) is 9.59 Å². The third-order valence-electron chi connectivity index (χ3n) is 6.13. The summed E-state index contributed by atoms with van der Waals surface area (Å²) in [7, 11) is 0. The molecule has 0 saturated heterocycles.